The number of nitrogens with one attached hydrogen (secondary N) is 3. The average molecular weight is 367 g/mol. The van der Waals surface area contributed by atoms with Gasteiger partial charge in [-0.15, -0.1) is 0 Å². The topological polar surface area (TPSA) is 108 Å². The fourth-order valence-electron chi connectivity index (χ4n) is 2.48. The molecule has 0 saturated carbocycles. The van der Waals surface area contributed by atoms with Crippen LogP contribution >= 0.6 is 11.6 Å². The molecule has 1 aliphatic heterocycles. The number of nitrogens with zero attached hydrogens (tertiary/aromatic N) is 1. The highest BCUT2D eigenvalue weighted by molar-refractivity contribution is 6.32. The number of rotatable bonds is 5. The third kappa shape index (κ3) is 3.90. The second-order valence-electron chi connectivity index (χ2n) is 5.73. The Morgan fingerprint density at radius 2 is 1.96 bits per heavy atom. The van der Waals surface area contributed by atoms with Crippen LogP contribution < -0.4 is 16.0 Å². The third-order valence-corrected chi connectivity index (χ3v) is 4.11. The van der Waals surface area contributed by atoms with Gasteiger partial charge >= 0.3 is 12.1 Å². The Kier molecular flexibility index (Phi) is 5.63. The minimum absolute atomic E-state index is 0.323. The quantitative estimate of drug-likeness (QED) is 0.683. The van der Waals surface area contributed by atoms with Crippen molar-refractivity contribution in [1.82, 2.24) is 20.9 Å². The number of carbonyl (C=O) groups is 4. The molecule has 0 radical (unpaired) electrons. The molecule has 134 valence electrons. The van der Waals surface area contributed by atoms with Gasteiger partial charge in [0.05, 0.1) is 0 Å². The normalized spacial score (nSPS) is 19.6. The van der Waals surface area contributed by atoms with Crippen LogP contribution in [0.3, 0.4) is 0 Å². The van der Waals surface area contributed by atoms with Crippen LogP contribution in [0.1, 0.15) is 25.8 Å². The molecule has 1 aromatic rings. The molecular weight excluding hydrogens is 348 g/mol. The van der Waals surface area contributed by atoms with Crippen LogP contribution in [0.15, 0.2) is 24.3 Å². The van der Waals surface area contributed by atoms with Crippen LogP contribution in [0.25, 0.3) is 0 Å². The van der Waals surface area contributed by atoms with Crippen molar-refractivity contribution in [1.29, 1.82) is 0 Å². The standard InChI is InChI=1S/C16H19ClN4O4/c1-3-8-18-14(24)19-12(22)9-21-13(23)16(2,20-15(21)25)10-6-4-5-7-11(10)17/h4-7H,3,8-9H2,1-2H3,(H,20,25)(H2,18,19,22,24)/t16-/m0/s1. The van der Waals surface area contributed by atoms with Crippen LogP contribution in [0.4, 0.5) is 9.59 Å². The van der Waals surface area contributed by atoms with Crippen molar-refractivity contribution >= 4 is 35.5 Å². The minimum atomic E-state index is -1.37. The molecule has 0 aliphatic carbocycles. The van der Waals surface area contributed by atoms with Crippen LogP contribution in [-0.2, 0) is 15.1 Å². The molecule has 6 amide bonds. The molecule has 8 nitrogen and oxygen atoms in total. The van der Waals surface area contributed by atoms with E-state index < -0.39 is 36.0 Å². The van der Waals surface area contributed by atoms with E-state index in [0.717, 1.165) is 4.90 Å². The maximum absolute atomic E-state index is 12.7. The summed E-state index contributed by atoms with van der Waals surface area (Å²) in [6.45, 7) is 3.22. The first-order chi connectivity index (χ1) is 11.8. The summed E-state index contributed by atoms with van der Waals surface area (Å²) in [6.07, 6.45) is 0.713. The number of urea groups is 2. The Bertz CT molecular complexity index is 724. The van der Waals surface area contributed by atoms with Crippen LogP contribution in [0.5, 0.6) is 0 Å². The van der Waals surface area contributed by atoms with Crippen molar-refractivity contribution in [2.45, 2.75) is 25.8 Å². The molecular formula is C16H19ClN4O4. The molecule has 0 unspecified atom stereocenters. The Labute approximate surface area is 149 Å². The van der Waals surface area contributed by atoms with E-state index in [1.165, 1.54) is 6.92 Å². The van der Waals surface area contributed by atoms with Gasteiger partial charge in [0.2, 0.25) is 5.91 Å². The molecule has 1 saturated heterocycles. The Hall–Kier alpha value is -2.61. The Morgan fingerprint density at radius 3 is 2.60 bits per heavy atom. The fraction of sp³-hybridized carbons (Fsp3) is 0.375. The van der Waals surface area contributed by atoms with Gasteiger partial charge in [0.1, 0.15) is 12.1 Å². The van der Waals surface area contributed by atoms with E-state index >= 15 is 0 Å². The van der Waals surface area contributed by atoms with E-state index in [-0.39, 0.29) is 0 Å². The molecule has 1 aliphatic rings. The maximum Gasteiger partial charge on any atom is 0.325 e. The summed E-state index contributed by atoms with van der Waals surface area (Å²) in [5, 5.41) is 7.42. The highest BCUT2D eigenvalue weighted by Crippen LogP contribution is 2.33. The second kappa shape index (κ2) is 7.52. The summed E-state index contributed by atoms with van der Waals surface area (Å²) in [4.78, 5) is 49.0. The summed E-state index contributed by atoms with van der Waals surface area (Å²) >= 11 is 6.12. The first-order valence-electron chi connectivity index (χ1n) is 7.76. The van der Waals surface area contributed by atoms with Gasteiger partial charge in [-0.1, -0.05) is 36.7 Å². The zero-order valence-electron chi connectivity index (χ0n) is 13.9. The summed E-state index contributed by atoms with van der Waals surface area (Å²) in [6, 6.07) is 5.23. The maximum atomic E-state index is 12.7. The molecule has 1 aromatic carbocycles. The summed E-state index contributed by atoms with van der Waals surface area (Å²) in [5.41, 5.74) is -0.946. The van der Waals surface area contributed by atoms with Gasteiger partial charge in [-0.25, -0.2) is 9.59 Å². The van der Waals surface area contributed by atoms with Gasteiger partial charge in [-0.05, 0) is 19.4 Å². The lowest BCUT2D eigenvalue weighted by atomic mass is 9.92. The molecule has 1 atom stereocenters. The van der Waals surface area contributed by atoms with Gasteiger partial charge in [-0.3, -0.25) is 19.8 Å². The second-order valence-corrected chi connectivity index (χ2v) is 6.14. The lowest BCUT2D eigenvalue weighted by Crippen LogP contribution is -2.47. The van der Waals surface area contributed by atoms with E-state index in [9.17, 15) is 19.2 Å². The molecule has 0 spiro atoms. The van der Waals surface area contributed by atoms with Crippen molar-refractivity contribution in [3.8, 4) is 0 Å². The van der Waals surface area contributed by atoms with Gasteiger partial charge in [0, 0.05) is 17.1 Å². The number of halogens is 1. The monoisotopic (exact) mass is 366 g/mol. The molecule has 0 aromatic heterocycles. The van der Waals surface area contributed by atoms with Crippen molar-refractivity contribution in [2.75, 3.05) is 13.1 Å². The zero-order valence-corrected chi connectivity index (χ0v) is 14.6. The molecule has 25 heavy (non-hydrogen) atoms. The van der Waals surface area contributed by atoms with Gasteiger partial charge in [0.15, 0.2) is 0 Å². The predicted molar refractivity (Wildman–Crippen MR) is 90.9 cm³/mol. The van der Waals surface area contributed by atoms with Crippen LogP contribution in [0, 0.1) is 0 Å². The van der Waals surface area contributed by atoms with Gasteiger partial charge in [0.25, 0.3) is 5.91 Å². The SMILES string of the molecule is CCCNC(=O)NC(=O)CN1C(=O)N[C@@](C)(c2ccccc2Cl)C1=O. The molecule has 2 rings (SSSR count). The molecule has 1 heterocycles. The number of imide groups is 2. The van der Waals surface area contributed by atoms with Gasteiger partial charge < -0.3 is 10.6 Å². The van der Waals surface area contributed by atoms with E-state index in [1.54, 1.807) is 24.3 Å². The van der Waals surface area contributed by atoms with Crippen molar-refractivity contribution in [2.24, 2.45) is 0 Å². The summed E-state index contributed by atoms with van der Waals surface area (Å²) in [5.74, 6) is -1.38. The van der Waals surface area contributed by atoms with Gasteiger partial charge in [-0.2, -0.15) is 0 Å². The van der Waals surface area contributed by atoms with E-state index in [1.807, 2.05) is 6.92 Å². The molecule has 0 bridgehead atoms. The fourth-order valence-corrected chi connectivity index (χ4v) is 2.81. The van der Waals surface area contributed by atoms with E-state index in [0.29, 0.717) is 23.6 Å². The average Bonchev–Trinajstić information content (AvgIpc) is 2.77. The lowest BCUT2D eigenvalue weighted by Gasteiger charge is -2.23. The summed E-state index contributed by atoms with van der Waals surface area (Å²) in [7, 11) is 0. The van der Waals surface area contributed by atoms with Crippen LogP contribution in [0.2, 0.25) is 5.02 Å². The van der Waals surface area contributed by atoms with Crippen molar-refractivity contribution in [3.05, 3.63) is 34.9 Å². The van der Waals surface area contributed by atoms with Crippen molar-refractivity contribution < 1.29 is 19.2 Å². The van der Waals surface area contributed by atoms with E-state index in [2.05, 4.69) is 16.0 Å². The van der Waals surface area contributed by atoms with Crippen LogP contribution in [-0.4, -0.2) is 41.9 Å². The largest absolute Gasteiger partial charge is 0.338 e. The highest BCUT2D eigenvalue weighted by atomic mass is 35.5. The number of amides is 6. The first kappa shape index (κ1) is 18.7. The van der Waals surface area contributed by atoms with Crippen molar-refractivity contribution in [3.63, 3.8) is 0 Å². The number of benzene rings is 1. The highest BCUT2D eigenvalue weighted by Gasteiger charge is 2.50. The lowest BCUT2D eigenvalue weighted by molar-refractivity contribution is -0.134. The third-order valence-electron chi connectivity index (χ3n) is 3.78. The first-order valence-corrected chi connectivity index (χ1v) is 8.14. The number of hydrogen-bond acceptors (Lipinski definition) is 4. The molecule has 1 fully saturated rings. The number of carbonyl (C=O) groups excluding carboxylic acids is 4. The zero-order chi connectivity index (χ0) is 18.6. The Morgan fingerprint density at radius 1 is 1.28 bits per heavy atom. The smallest absolute Gasteiger partial charge is 0.325 e. The summed E-state index contributed by atoms with van der Waals surface area (Å²) < 4.78 is 0. The number of hydrogen-bond donors (Lipinski definition) is 3. The predicted octanol–water partition coefficient (Wildman–Crippen LogP) is 1.34. The molecule has 9 heteroatoms. The Balaban J connectivity index is 2.10. The minimum Gasteiger partial charge on any atom is -0.338 e. The van der Waals surface area contributed by atoms with E-state index in [4.69, 9.17) is 11.6 Å². The molecule has 3 N–H and O–H groups in total.